The van der Waals surface area contributed by atoms with Crippen molar-refractivity contribution in [3.8, 4) is 0 Å². The Kier molecular flexibility index (Phi) is 22.6. The molecular weight excluding hydrogens is 1290 g/mol. The number of allylic oxidation sites excluding steroid dienone is 2. The summed E-state index contributed by atoms with van der Waals surface area (Å²) >= 11 is 0. The van der Waals surface area contributed by atoms with Gasteiger partial charge < -0.3 is 154 Å². The lowest BCUT2D eigenvalue weighted by Crippen LogP contribution is -2.68. The number of carbonyl (C=O) groups is 1. The zero-order valence-corrected chi connectivity index (χ0v) is 55.7. The molecule has 0 radical (unpaired) electrons. The first-order valence-corrected chi connectivity index (χ1v) is 34.3. The SMILES string of the molecule is C[C@@H]1O[C@@H](O[C@H]2[C@H](O)[C@@H](CO)OC(O[C@H]3[C@H](O)[C@@H](O)C(O[C@H]4CC[C@@]5(C)[C@@H](CC[C@]6(C)[C@@H]5CC=C5[C@@H]7CC(C)(C)CC[C@]7(C(=O)O[C@@H]7O[C@H](CO[C@@H]8O[C@H](CO)[C@@H](O)[C@H](O)[C@H]8O)[C@@H](O)[C@H](O)[C@H]7O)CC[C@]56C)[C@]4(C)CO)O[C@@H]3CO)[C@@H]2O)[C@H](O[C@@H]2OC[C@H](O)[C@H](O)[C@H]2O)[C@H](O)[C@H]1O. The van der Waals surface area contributed by atoms with Crippen LogP contribution in [0, 0.1) is 50.2 Å². The molecule has 6 aliphatic heterocycles. The monoisotopic (exact) mass is 1400 g/mol. The van der Waals surface area contributed by atoms with Crippen molar-refractivity contribution in [2.24, 2.45) is 50.2 Å². The maximum absolute atomic E-state index is 15.2. The van der Waals surface area contributed by atoms with Gasteiger partial charge in [-0.2, -0.15) is 0 Å². The van der Waals surface area contributed by atoms with Crippen LogP contribution in [0.2, 0.25) is 0 Å². The normalized spacial score (nSPS) is 54.7. The highest BCUT2D eigenvalue weighted by Crippen LogP contribution is 2.76. The highest BCUT2D eigenvalue weighted by atomic mass is 16.8. The third-order valence-corrected chi connectivity index (χ3v) is 25.3. The Labute approximate surface area is 561 Å². The maximum atomic E-state index is 15.2. The molecule has 2 unspecified atom stereocenters. The number of aliphatic hydroxyl groups is 19. The predicted octanol–water partition coefficient (Wildman–Crippen LogP) is -5.75. The number of rotatable bonds is 17. The molecule has 0 spiro atoms. The van der Waals surface area contributed by atoms with E-state index in [1.54, 1.807) is 0 Å². The fourth-order valence-corrected chi connectivity index (χ4v) is 19.1. The Bertz CT molecular complexity index is 2710. The summed E-state index contributed by atoms with van der Waals surface area (Å²) in [6, 6.07) is 0. The molecule has 11 rings (SSSR count). The number of esters is 1. The minimum atomic E-state index is -2.05. The van der Waals surface area contributed by atoms with Crippen molar-refractivity contribution in [2.45, 2.75) is 297 Å². The Hall–Kier alpha value is -1.99. The van der Waals surface area contributed by atoms with Gasteiger partial charge in [-0.25, -0.2) is 0 Å². The van der Waals surface area contributed by atoms with E-state index in [-0.39, 0.29) is 35.2 Å². The van der Waals surface area contributed by atoms with Crippen LogP contribution < -0.4 is 0 Å². The molecule has 0 amide bonds. The molecule has 97 heavy (non-hydrogen) atoms. The summed E-state index contributed by atoms with van der Waals surface area (Å²) < 4.78 is 70.9. The van der Waals surface area contributed by atoms with E-state index in [2.05, 4.69) is 40.7 Å². The molecule has 0 aromatic heterocycles. The summed E-state index contributed by atoms with van der Waals surface area (Å²) in [4.78, 5) is 15.2. The van der Waals surface area contributed by atoms with Crippen molar-refractivity contribution in [3.63, 3.8) is 0 Å². The van der Waals surface area contributed by atoms with Crippen molar-refractivity contribution in [2.75, 3.05) is 39.6 Å². The van der Waals surface area contributed by atoms with Gasteiger partial charge in [0, 0.05) is 5.41 Å². The Morgan fingerprint density at radius 1 is 0.495 bits per heavy atom. The van der Waals surface area contributed by atoms with Crippen LogP contribution in [0.15, 0.2) is 11.6 Å². The summed E-state index contributed by atoms with van der Waals surface area (Å²) in [5.41, 5.74) is -2.35. The lowest BCUT2D eigenvalue weighted by Gasteiger charge is -2.71. The van der Waals surface area contributed by atoms with Gasteiger partial charge in [-0.1, -0.05) is 53.2 Å². The van der Waals surface area contributed by atoms with Crippen LogP contribution in [0.4, 0.5) is 0 Å². The van der Waals surface area contributed by atoms with Gasteiger partial charge in [0.15, 0.2) is 31.5 Å². The van der Waals surface area contributed by atoms with Crippen molar-refractivity contribution >= 4 is 5.97 Å². The summed E-state index contributed by atoms with van der Waals surface area (Å²) in [6.45, 7) is 10.6. The second kappa shape index (κ2) is 28.8. The molecule has 38 atom stereocenters. The van der Waals surface area contributed by atoms with E-state index < -0.39 is 245 Å². The van der Waals surface area contributed by atoms with Crippen LogP contribution in [0.5, 0.6) is 0 Å². The van der Waals surface area contributed by atoms with Crippen molar-refractivity contribution in [3.05, 3.63) is 11.6 Å². The highest BCUT2D eigenvalue weighted by Gasteiger charge is 2.71. The van der Waals surface area contributed by atoms with E-state index in [1.807, 2.05) is 6.92 Å². The van der Waals surface area contributed by atoms with E-state index in [9.17, 15) is 97.0 Å². The van der Waals surface area contributed by atoms with Gasteiger partial charge in [-0.15, -0.1) is 0 Å². The third-order valence-electron chi connectivity index (χ3n) is 25.3. The average molecular weight is 1400 g/mol. The average Bonchev–Trinajstić information content (AvgIpc) is 0.675. The van der Waals surface area contributed by atoms with Crippen LogP contribution in [0.25, 0.3) is 0 Å². The van der Waals surface area contributed by atoms with Gasteiger partial charge in [-0.05, 0) is 111 Å². The molecule has 32 nitrogen and oxygen atoms in total. The fourth-order valence-electron chi connectivity index (χ4n) is 19.1. The number of ether oxygens (including phenoxy) is 12. The van der Waals surface area contributed by atoms with Crippen LogP contribution in [-0.2, 0) is 61.6 Å². The standard InChI is InChI=1S/C65H106O32/c1-25-36(71)43(78)52(96-54-45(80)37(72)28(70)22-86-54)58(88-25)95-51-40(75)30(20-67)90-57(49(51)84)94-50-31(21-68)91-55(48(83)44(50)79)93-35-11-12-61(4)33(62(35,5)24-69)10-13-64(7)34(61)9-8-26-27-18-60(2,3)14-16-65(27,17-15-63(26,64)6)59(85)97-56-47(82)42(77)39(74)32(92-56)23-87-53-46(81)41(76)38(73)29(19-66)89-53/h8,25,27-58,66-84H,9-24H2,1-7H3/t25-,27-,28-,29+,30+,31+,32+,33+,34+,35-,36-,37-,38+,39+,40+,41-,42-,43+,44+,45+,46+,47+,48+,49+,50+,51-,52+,53+,54-,55?,56-,57?,58-,61-,62-,63+,64+,65-/m0/s1. The second-order valence-corrected chi connectivity index (χ2v) is 31.3. The molecule has 5 aliphatic carbocycles. The number of fused-ring (bicyclic) bond motifs is 7. The summed E-state index contributed by atoms with van der Waals surface area (Å²) in [7, 11) is 0. The zero-order chi connectivity index (χ0) is 70.7. The molecule has 6 heterocycles. The number of hydrogen-bond acceptors (Lipinski definition) is 32. The molecule has 10 fully saturated rings. The first-order valence-electron chi connectivity index (χ1n) is 34.3. The third kappa shape index (κ3) is 13.2. The van der Waals surface area contributed by atoms with Crippen LogP contribution in [-0.4, -0.2) is 327 Å². The Balaban J connectivity index is 0.765. The van der Waals surface area contributed by atoms with Crippen molar-refractivity contribution in [1.29, 1.82) is 0 Å². The summed E-state index contributed by atoms with van der Waals surface area (Å²) in [5, 5.41) is 207. The molecular formula is C65H106O32. The van der Waals surface area contributed by atoms with Gasteiger partial charge >= 0.3 is 5.97 Å². The molecule has 0 bridgehead atoms. The smallest absolute Gasteiger partial charge is 0.315 e. The number of hydrogen-bond donors (Lipinski definition) is 19. The molecule has 11 aliphatic rings. The van der Waals surface area contributed by atoms with Crippen LogP contribution in [0.1, 0.15) is 113 Å². The quantitative estimate of drug-likeness (QED) is 0.0366. The van der Waals surface area contributed by atoms with Gasteiger partial charge in [0.25, 0.3) is 0 Å². The molecule has 19 N–H and O–H groups in total. The predicted molar refractivity (Wildman–Crippen MR) is 322 cm³/mol. The van der Waals surface area contributed by atoms with Crippen molar-refractivity contribution in [1.82, 2.24) is 0 Å². The van der Waals surface area contributed by atoms with Gasteiger partial charge in [0.1, 0.15) is 134 Å². The molecule has 4 saturated carbocycles. The minimum absolute atomic E-state index is 0.0455. The largest absolute Gasteiger partial charge is 0.432 e. The van der Waals surface area contributed by atoms with Crippen LogP contribution in [0.3, 0.4) is 0 Å². The first-order chi connectivity index (χ1) is 45.6. The molecule has 6 saturated heterocycles. The van der Waals surface area contributed by atoms with E-state index >= 15 is 4.79 Å². The van der Waals surface area contributed by atoms with E-state index in [4.69, 9.17) is 56.8 Å². The Morgan fingerprint density at radius 2 is 1.05 bits per heavy atom. The van der Waals surface area contributed by atoms with Gasteiger partial charge in [0.05, 0.1) is 57.3 Å². The summed E-state index contributed by atoms with van der Waals surface area (Å²) in [6.07, 6.45) is -42.5. The molecule has 0 aromatic rings. The summed E-state index contributed by atoms with van der Waals surface area (Å²) in [5.74, 6) is -1.08. The lowest BCUT2D eigenvalue weighted by atomic mass is 9.33. The number of carbonyl (C=O) groups excluding carboxylic acids is 1. The highest BCUT2D eigenvalue weighted by molar-refractivity contribution is 5.79. The van der Waals surface area contributed by atoms with Crippen molar-refractivity contribution < 1.29 is 159 Å². The maximum Gasteiger partial charge on any atom is 0.315 e. The van der Waals surface area contributed by atoms with Gasteiger partial charge in [-0.3, -0.25) is 4.79 Å². The van der Waals surface area contributed by atoms with Crippen LogP contribution >= 0.6 is 0 Å². The Morgan fingerprint density at radius 3 is 1.72 bits per heavy atom. The molecule has 32 heteroatoms. The molecule has 558 valence electrons. The topological polar surface area (TPSA) is 512 Å². The van der Waals surface area contributed by atoms with E-state index in [0.717, 1.165) is 5.57 Å². The molecule has 0 aromatic carbocycles. The number of aliphatic hydroxyl groups excluding tert-OH is 19. The first kappa shape index (κ1) is 76.1. The zero-order valence-electron chi connectivity index (χ0n) is 55.7. The fraction of sp³-hybridized carbons (Fsp3) is 0.954. The lowest BCUT2D eigenvalue weighted by molar-refractivity contribution is -0.393. The van der Waals surface area contributed by atoms with E-state index in [1.165, 1.54) is 6.92 Å². The van der Waals surface area contributed by atoms with Gasteiger partial charge in [0.2, 0.25) is 6.29 Å². The van der Waals surface area contributed by atoms with E-state index in [0.29, 0.717) is 64.2 Å². The minimum Gasteiger partial charge on any atom is -0.432 e. The second-order valence-electron chi connectivity index (χ2n) is 31.3.